The number of aromatic amines is 1. The van der Waals surface area contributed by atoms with Crippen LogP contribution < -0.4 is 19.5 Å². The molecule has 0 bridgehead atoms. The molecule has 4 heterocycles. The Morgan fingerprint density at radius 3 is 2.72 bits per heavy atom. The second-order valence-corrected chi connectivity index (χ2v) is 8.12. The first-order valence-electron chi connectivity index (χ1n) is 10.6. The first-order valence-corrected chi connectivity index (χ1v) is 10.6. The van der Waals surface area contributed by atoms with E-state index in [4.69, 9.17) is 14.2 Å². The van der Waals surface area contributed by atoms with Crippen molar-refractivity contribution in [2.75, 3.05) is 25.6 Å². The Morgan fingerprint density at radius 2 is 1.94 bits per heavy atom. The minimum absolute atomic E-state index is 0.0218. The standard InChI is InChI=1S/C23H26N6O3/c1-13(2)20(14-5-6-17-18(9-14)32-8-7-31-17)28-23-15-10-16(27-22(15)24-12-25-23)21-19(30-4)11-26-29(21)3/h5-6,9-13,20H,7-8H2,1-4H3,(H2,24,25,27,28)/t20-/m1/s1. The molecule has 0 saturated carbocycles. The van der Waals surface area contributed by atoms with E-state index in [-0.39, 0.29) is 6.04 Å². The molecule has 0 spiro atoms. The van der Waals surface area contributed by atoms with Crippen LogP contribution in [-0.2, 0) is 7.05 Å². The molecule has 2 N–H and O–H groups in total. The summed E-state index contributed by atoms with van der Waals surface area (Å²) in [5, 5.41) is 8.82. The smallest absolute Gasteiger partial charge is 0.166 e. The molecule has 9 heteroatoms. The third-order valence-corrected chi connectivity index (χ3v) is 5.69. The van der Waals surface area contributed by atoms with Gasteiger partial charge in [0.25, 0.3) is 0 Å². The average molecular weight is 435 g/mol. The van der Waals surface area contributed by atoms with Crippen LogP contribution in [0.2, 0.25) is 0 Å². The van der Waals surface area contributed by atoms with Crippen LogP contribution in [0, 0.1) is 5.92 Å². The molecule has 9 nitrogen and oxygen atoms in total. The van der Waals surface area contributed by atoms with Crippen molar-refractivity contribution in [3.05, 3.63) is 42.4 Å². The lowest BCUT2D eigenvalue weighted by Gasteiger charge is -2.26. The first kappa shape index (κ1) is 20.2. The molecule has 3 aromatic heterocycles. The fourth-order valence-corrected chi connectivity index (χ4v) is 4.09. The van der Waals surface area contributed by atoms with E-state index in [0.717, 1.165) is 45.3 Å². The number of hydrogen-bond acceptors (Lipinski definition) is 7. The van der Waals surface area contributed by atoms with Crippen LogP contribution in [0.1, 0.15) is 25.5 Å². The molecule has 0 radical (unpaired) electrons. The summed E-state index contributed by atoms with van der Waals surface area (Å²) >= 11 is 0. The number of nitrogens with zero attached hydrogens (tertiary/aromatic N) is 4. The molecule has 166 valence electrons. The van der Waals surface area contributed by atoms with E-state index in [1.54, 1.807) is 24.3 Å². The summed E-state index contributed by atoms with van der Waals surface area (Å²) in [4.78, 5) is 12.3. The molecule has 1 atom stereocenters. The zero-order valence-corrected chi connectivity index (χ0v) is 18.5. The third kappa shape index (κ3) is 3.49. The van der Waals surface area contributed by atoms with E-state index in [1.807, 2.05) is 25.2 Å². The number of rotatable bonds is 6. The lowest BCUT2D eigenvalue weighted by Crippen LogP contribution is -2.19. The number of H-pyrrole nitrogens is 1. The summed E-state index contributed by atoms with van der Waals surface area (Å²) in [6.07, 6.45) is 3.26. The van der Waals surface area contributed by atoms with E-state index in [9.17, 15) is 0 Å². The highest BCUT2D eigenvalue weighted by Crippen LogP contribution is 2.37. The number of methoxy groups -OCH3 is 1. The van der Waals surface area contributed by atoms with Crippen molar-refractivity contribution in [1.82, 2.24) is 24.7 Å². The van der Waals surface area contributed by atoms with Gasteiger partial charge < -0.3 is 24.5 Å². The molecule has 1 aliphatic rings. The van der Waals surface area contributed by atoms with Crippen LogP contribution in [0.3, 0.4) is 0 Å². The molecular formula is C23H26N6O3. The van der Waals surface area contributed by atoms with Gasteiger partial charge in [0.2, 0.25) is 0 Å². The monoisotopic (exact) mass is 434 g/mol. The van der Waals surface area contributed by atoms with Gasteiger partial charge >= 0.3 is 0 Å². The molecular weight excluding hydrogens is 408 g/mol. The molecule has 0 unspecified atom stereocenters. The normalized spacial score (nSPS) is 14.0. The van der Waals surface area contributed by atoms with E-state index < -0.39 is 0 Å². The van der Waals surface area contributed by atoms with Gasteiger partial charge in [0.1, 0.15) is 36.7 Å². The lowest BCUT2D eigenvalue weighted by molar-refractivity contribution is 0.171. The molecule has 0 amide bonds. The maximum absolute atomic E-state index is 5.79. The number of benzene rings is 1. The summed E-state index contributed by atoms with van der Waals surface area (Å²) in [5.41, 5.74) is 3.56. The van der Waals surface area contributed by atoms with Gasteiger partial charge in [0.05, 0.1) is 30.4 Å². The highest BCUT2D eigenvalue weighted by Gasteiger charge is 2.22. The second-order valence-electron chi connectivity index (χ2n) is 8.12. The number of fused-ring (bicyclic) bond motifs is 2. The Balaban J connectivity index is 1.52. The predicted octanol–water partition coefficient (Wildman–Crippen LogP) is 3.95. The topological polar surface area (TPSA) is 99.1 Å². The molecule has 1 aliphatic heterocycles. The zero-order chi connectivity index (χ0) is 22.2. The molecule has 0 saturated heterocycles. The van der Waals surface area contributed by atoms with Crippen molar-refractivity contribution >= 4 is 16.9 Å². The maximum Gasteiger partial charge on any atom is 0.166 e. The van der Waals surface area contributed by atoms with Gasteiger partial charge in [-0.15, -0.1) is 0 Å². The molecule has 32 heavy (non-hydrogen) atoms. The second kappa shape index (κ2) is 8.07. The van der Waals surface area contributed by atoms with E-state index in [0.29, 0.717) is 24.9 Å². The maximum atomic E-state index is 5.79. The predicted molar refractivity (Wildman–Crippen MR) is 121 cm³/mol. The average Bonchev–Trinajstić information content (AvgIpc) is 3.39. The van der Waals surface area contributed by atoms with Gasteiger partial charge in [-0.3, -0.25) is 4.68 Å². The fraction of sp³-hybridized carbons (Fsp3) is 0.348. The third-order valence-electron chi connectivity index (χ3n) is 5.69. The minimum Gasteiger partial charge on any atom is -0.493 e. The van der Waals surface area contributed by atoms with Gasteiger partial charge in [0.15, 0.2) is 17.2 Å². The van der Waals surface area contributed by atoms with Crippen LogP contribution in [0.5, 0.6) is 17.2 Å². The number of nitrogens with one attached hydrogen (secondary N) is 2. The fourth-order valence-electron chi connectivity index (χ4n) is 4.09. The van der Waals surface area contributed by atoms with Crippen molar-refractivity contribution < 1.29 is 14.2 Å². The number of aryl methyl sites for hydroxylation is 1. The van der Waals surface area contributed by atoms with E-state index in [1.165, 1.54) is 0 Å². The summed E-state index contributed by atoms with van der Waals surface area (Å²) < 4.78 is 18.7. The van der Waals surface area contributed by atoms with Gasteiger partial charge in [-0.2, -0.15) is 5.10 Å². The van der Waals surface area contributed by atoms with Gasteiger partial charge in [0, 0.05) is 7.05 Å². The van der Waals surface area contributed by atoms with E-state index >= 15 is 0 Å². The minimum atomic E-state index is 0.0218. The van der Waals surface area contributed by atoms with E-state index in [2.05, 4.69) is 45.3 Å². The molecule has 5 rings (SSSR count). The highest BCUT2D eigenvalue weighted by molar-refractivity contribution is 5.91. The van der Waals surface area contributed by atoms with Gasteiger partial charge in [-0.25, -0.2) is 9.97 Å². The summed E-state index contributed by atoms with van der Waals surface area (Å²) in [6, 6.07) is 8.14. The number of aromatic nitrogens is 5. The SMILES string of the molecule is COc1cnn(C)c1-c1cc2c(N[C@@H](c3ccc4c(c3)OCCO4)C(C)C)ncnc2[nH]1. The number of hydrogen-bond donors (Lipinski definition) is 2. The molecule has 1 aromatic carbocycles. The summed E-state index contributed by atoms with van der Waals surface area (Å²) in [5.74, 6) is 3.32. The Hall–Kier alpha value is -3.75. The molecule has 0 aliphatic carbocycles. The van der Waals surface area contributed by atoms with Crippen LogP contribution in [-0.4, -0.2) is 45.1 Å². The van der Waals surface area contributed by atoms with Crippen molar-refractivity contribution in [1.29, 1.82) is 0 Å². The Morgan fingerprint density at radius 1 is 1.12 bits per heavy atom. The van der Waals surface area contributed by atoms with Crippen LogP contribution in [0.25, 0.3) is 22.4 Å². The van der Waals surface area contributed by atoms with Gasteiger partial charge in [-0.1, -0.05) is 19.9 Å². The quantitative estimate of drug-likeness (QED) is 0.474. The summed E-state index contributed by atoms with van der Waals surface area (Å²) in [6.45, 7) is 5.49. The first-order chi connectivity index (χ1) is 15.5. The highest BCUT2D eigenvalue weighted by atomic mass is 16.6. The Kier molecular flexibility index (Phi) is 5.08. The van der Waals surface area contributed by atoms with Crippen LogP contribution >= 0.6 is 0 Å². The number of ether oxygens (including phenoxy) is 3. The Labute approximate surface area is 185 Å². The zero-order valence-electron chi connectivity index (χ0n) is 18.5. The molecule has 0 fully saturated rings. The van der Waals surface area contributed by atoms with Gasteiger partial charge in [-0.05, 0) is 29.7 Å². The summed E-state index contributed by atoms with van der Waals surface area (Å²) in [7, 11) is 3.52. The molecule has 4 aromatic rings. The van der Waals surface area contributed by atoms with Crippen molar-refractivity contribution in [3.63, 3.8) is 0 Å². The van der Waals surface area contributed by atoms with Crippen molar-refractivity contribution in [2.24, 2.45) is 13.0 Å². The van der Waals surface area contributed by atoms with Crippen LogP contribution in [0.15, 0.2) is 36.8 Å². The Bertz CT molecular complexity index is 1260. The van der Waals surface area contributed by atoms with Crippen LogP contribution in [0.4, 0.5) is 5.82 Å². The number of anilines is 1. The largest absolute Gasteiger partial charge is 0.493 e. The lowest BCUT2D eigenvalue weighted by atomic mass is 9.95. The van der Waals surface area contributed by atoms with Crippen molar-refractivity contribution in [3.8, 4) is 28.6 Å². The van der Waals surface area contributed by atoms with Crippen molar-refractivity contribution in [2.45, 2.75) is 19.9 Å².